The van der Waals surface area contributed by atoms with Crippen molar-refractivity contribution in [1.29, 1.82) is 0 Å². The second-order valence-corrected chi connectivity index (χ2v) is 8.17. The molecular formula is C27H35NO4. The first-order chi connectivity index (χ1) is 15.6. The van der Waals surface area contributed by atoms with E-state index >= 15 is 0 Å². The largest absolute Gasteiger partial charge is 0.497 e. The van der Waals surface area contributed by atoms with Crippen molar-refractivity contribution < 1.29 is 19.4 Å². The molecule has 0 fully saturated rings. The summed E-state index contributed by atoms with van der Waals surface area (Å²) in [4.78, 5) is 10.8. The molecule has 3 rings (SSSR count). The Balaban J connectivity index is 1.48. The summed E-state index contributed by atoms with van der Waals surface area (Å²) in [6, 6.07) is 5.95. The summed E-state index contributed by atoms with van der Waals surface area (Å²) in [7, 11) is 0. The van der Waals surface area contributed by atoms with Gasteiger partial charge in [-0.25, -0.2) is 0 Å². The van der Waals surface area contributed by atoms with Crippen molar-refractivity contribution in [3.05, 3.63) is 76.2 Å². The van der Waals surface area contributed by atoms with E-state index in [1.165, 1.54) is 16.8 Å². The van der Waals surface area contributed by atoms with Crippen LogP contribution < -0.4 is 10.1 Å². The maximum Gasteiger partial charge on any atom is 0.303 e. The molecule has 0 radical (unpaired) electrons. The van der Waals surface area contributed by atoms with Crippen molar-refractivity contribution in [2.75, 3.05) is 19.8 Å². The number of hydrogen-bond donors (Lipinski definition) is 2. The predicted molar refractivity (Wildman–Crippen MR) is 128 cm³/mol. The van der Waals surface area contributed by atoms with Gasteiger partial charge in [-0.2, -0.15) is 0 Å². The Bertz CT molecular complexity index is 924. The normalized spacial score (nSPS) is 15.3. The number of aryl methyl sites for hydroxylation is 2. The number of benzene rings is 1. The lowest BCUT2D eigenvalue weighted by Crippen LogP contribution is -2.18. The maximum absolute atomic E-state index is 10.8. The van der Waals surface area contributed by atoms with Crippen molar-refractivity contribution in [3.8, 4) is 5.75 Å². The van der Waals surface area contributed by atoms with Crippen LogP contribution in [0.1, 0.15) is 57.1 Å². The maximum atomic E-state index is 10.8. The van der Waals surface area contributed by atoms with Gasteiger partial charge in [0, 0.05) is 31.5 Å². The number of allylic oxidation sites excluding steroid dienone is 4. The van der Waals surface area contributed by atoms with E-state index < -0.39 is 5.97 Å². The molecule has 1 aliphatic carbocycles. The number of fused-ring (bicyclic) bond motifs is 1. The highest BCUT2D eigenvalue weighted by Crippen LogP contribution is 2.29. The molecule has 0 aromatic heterocycles. The summed E-state index contributed by atoms with van der Waals surface area (Å²) in [5.74, 6) is 1.07. The Labute approximate surface area is 191 Å². The van der Waals surface area contributed by atoms with Gasteiger partial charge in [0.15, 0.2) is 0 Å². The van der Waals surface area contributed by atoms with E-state index in [4.69, 9.17) is 14.6 Å². The van der Waals surface area contributed by atoms with E-state index in [2.05, 4.69) is 43.5 Å². The monoisotopic (exact) mass is 437 g/mol. The first kappa shape index (κ1) is 23.7. The van der Waals surface area contributed by atoms with Crippen LogP contribution in [-0.4, -0.2) is 30.8 Å². The van der Waals surface area contributed by atoms with Crippen LogP contribution >= 0.6 is 0 Å². The van der Waals surface area contributed by atoms with Gasteiger partial charge in [-0.3, -0.25) is 4.79 Å². The van der Waals surface area contributed by atoms with Crippen molar-refractivity contribution in [3.63, 3.8) is 0 Å². The Morgan fingerprint density at radius 2 is 1.94 bits per heavy atom. The van der Waals surface area contributed by atoms with E-state index in [0.717, 1.165) is 61.3 Å². The molecule has 1 aromatic rings. The highest BCUT2D eigenvalue weighted by Gasteiger charge is 2.16. The molecule has 5 heteroatoms. The van der Waals surface area contributed by atoms with Gasteiger partial charge in [0.2, 0.25) is 0 Å². The third kappa shape index (κ3) is 6.78. The van der Waals surface area contributed by atoms with E-state index in [-0.39, 0.29) is 6.42 Å². The standard InChI is InChI=1S/C27H35NO4/c1-3-7-22-19-24(12-13-26-25(22)8-5-15-28-26)32-17-6-16-31-23-11-9-21(10-14-27(29)30)20(4-2)18-23/h5,8-9,11-13,18,28H,3-4,6-7,10,14-17,19H2,1-2H3,(H,29,30). The number of carbonyl (C=O) groups is 1. The van der Waals surface area contributed by atoms with Crippen LogP contribution in [0.4, 0.5) is 0 Å². The first-order valence-corrected chi connectivity index (χ1v) is 11.7. The van der Waals surface area contributed by atoms with Crippen LogP contribution in [-0.2, 0) is 22.4 Å². The van der Waals surface area contributed by atoms with Gasteiger partial charge in [0.05, 0.1) is 13.2 Å². The SMILES string of the molecule is CCCC1=C2C=CCNC2=CC=C(OCCCOc2ccc(CCC(=O)O)c(CC)c2)C1. The number of ether oxygens (including phenoxy) is 2. The molecule has 2 aliphatic rings. The Kier molecular flexibility index (Phi) is 9.02. The molecule has 0 spiro atoms. The van der Waals surface area contributed by atoms with Crippen molar-refractivity contribution in [2.24, 2.45) is 0 Å². The lowest BCUT2D eigenvalue weighted by Gasteiger charge is -2.18. The molecule has 0 saturated heterocycles. The molecule has 1 aromatic carbocycles. The summed E-state index contributed by atoms with van der Waals surface area (Å²) in [6.45, 7) is 6.36. The number of carboxylic acids is 1. The van der Waals surface area contributed by atoms with Crippen LogP contribution in [0, 0.1) is 0 Å². The molecule has 1 aliphatic heterocycles. The molecule has 0 atom stereocenters. The molecule has 0 amide bonds. The quantitative estimate of drug-likeness (QED) is 0.424. The van der Waals surface area contributed by atoms with Crippen LogP contribution in [0.5, 0.6) is 5.75 Å². The minimum atomic E-state index is -0.767. The van der Waals surface area contributed by atoms with E-state index in [0.29, 0.717) is 19.6 Å². The van der Waals surface area contributed by atoms with Gasteiger partial charge in [-0.05, 0) is 60.2 Å². The first-order valence-electron chi connectivity index (χ1n) is 11.7. The summed E-state index contributed by atoms with van der Waals surface area (Å²) in [5, 5.41) is 12.4. The molecule has 2 N–H and O–H groups in total. The topological polar surface area (TPSA) is 67.8 Å². The van der Waals surface area contributed by atoms with Gasteiger partial charge in [-0.1, -0.05) is 44.1 Å². The fourth-order valence-corrected chi connectivity index (χ4v) is 4.11. The van der Waals surface area contributed by atoms with Crippen molar-refractivity contribution in [2.45, 2.75) is 58.8 Å². The minimum absolute atomic E-state index is 0.153. The van der Waals surface area contributed by atoms with Crippen LogP contribution in [0.15, 0.2) is 65.1 Å². The molecule has 172 valence electrons. The number of rotatable bonds is 12. The lowest BCUT2D eigenvalue weighted by molar-refractivity contribution is -0.136. The number of nitrogens with one attached hydrogen (secondary N) is 1. The van der Waals surface area contributed by atoms with Crippen LogP contribution in [0.25, 0.3) is 0 Å². The zero-order valence-corrected chi connectivity index (χ0v) is 19.3. The second-order valence-electron chi connectivity index (χ2n) is 8.17. The average Bonchev–Trinajstić information content (AvgIpc) is 2.97. The predicted octanol–water partition coefficient (Wildman–Crippen LogP) is 5.48. The molecule has 32 heavy (non-hydrogen) atoms. The Morgan fingerprint density at radius 1 is 1.09 bits per heavy atom. The zero-order chi connectivity index (χ0) is 22.8. The summed E-state index contributed by atoms with van der Waals surface area (Å²) in [5.41, 5.74) is 6.17. The van der Waals surface area contributed by atoms with Crippen LogP contribution in [0.3, 0.4) is 0 Å². The highest BCUT2D eigenvalue weighted by atomic mass is 16.5. The number of hydrogen-bond acceptors (Lipinski definition) is 4. The molecule has 0 bridgehead atoms. The van der Waals surface area contributed by atoms with Crippen molar-refractivity contribution in [1.82, 2.24) is 5.32 Å². The van der Waals surface area contributed by atoms with Crippen LogP contribution in [0.2, 0.25) is 0 Å². The number of carboxylic acid groups (broad SMARTS) is 1. The van der Waals surface area contributed by atoms with E-state index in [1.54, 1.807) is 0 Å². The van der Waals surface area contributed by atoms with Gasteiger partial charge < -0.3 is 19.9 Å². The molecule has 0 saturated carbocycles. The van der Waals surface area contributed by atoms with E-state index in [1.807, 2.05) is 18.2 Å². The second kappa shape index (κ2) is 12.2. The van der Waals surface area contributed by atoms with E-state index in [9.17, 15) is 4.79 Å². The molecule has 0 unspecified atom stereocenters. The lowest BCUT2D eigenvalue weighted by atomic mass is 9.97. The average molecular weight is 438 g/mol. The third-order valence-corrected chi connectivity index (χ3v) is 5.75. The Morgan fingerprint density at radius 3 is 2.72 bits per heavy atom. The zero-order valence-electron chi connectivity index (χ0n) is 19.3. The fourth-order valence-electron chi connectivity index (χ4n) is 4.11. The van der Waals surface area contributed by atoms with Gasteiger partial charge in [-0.15, -0.1) is 0 Å². The smallest absolute Gasteiger partial charge is 0.303 e. The van der Waals surface area contributed by atoms with Gasteiger partial charge >= 0.3 is 5.97 Å². The number of aliphatic carboxylic acids is 1. The highest BCUT2D eigenvalue weighted by molar-refractivity contribution is 5.67. The van der Waals surface area contributed by atoms with Crippen molar-refractivity contribution >= 4 is 5.97 Å². The summed E-state index contributed by atoms with van der Waals surface area (Å²) in [6.07, 6.45) is 14.0. The van der Waals surface area contributed by atoms with Gasteiger partial charge in [0.25, 0.3) is 0 Å². The molecular weight excluding hydrogens is 402 g/mol. The third-order valence-electron chi connectivity index (χ3n) is 5.75. The fraction of sp³-hybridized carbons (Fsp3) is 0.444. The Hall–Kier alpha value is -2.95. The molecule has 1 heterocycles. The minimum Gasteiger partial charge on any atom is -0.497 e. The molecule has 5 nitrogen and oxygen atoms in total. The summed E-state index contributed by atoms with van der Waals surface area (Å²) >= 11 is 0. The van der Waals surface area contributed by atoms with Gasteiger partial charge in [0.1, 0.15) is 11.5 Å². The summed E-state index contributed by atoms with van der Waals surface area (Å²) < 4.78 is 12.0.